The summed E-state index contributed by atoms with van der Waals surface area (Å²) in [5.41, 5.74) is 2.91. The molecule has 7 N–H and O–H groups in total. The van der Waals surface area contributed by atoms with Crippen LogP contribution in [0.15, 0.2) is 97.1 Å². The van der Waals surface area contributed by atoms with Gasteiger partial charge in [-0.1, -0.05) is 175 Å². The van der Waals surface area contributed by atoms with Gasteiger partial charge in [-0.3, -0.25) is 39.5 Å². The SMILES string of the molecule is CC[C@@H](C)[C@H]1NC(=O)C(=O)[C@H](CCCN(C(=N)NC(=O)OCc2ccccc2)C(=O)OCc2ccccc2)NC(=O)[C@@H]2CCCN2C(=O)[C@@H](NC(=O)OCC(Cl)(Cl)Cl)CNC(=O)/C=C\[C@H](Cc2ccc(O[Si](C(C)C)(C(C)C)C(C)C)cc2)NC1=O. The second kappa shape index (κ2) is 33.1. The normalized spacial score (nSPS) is 20.0. The van der Waals surface area contributed by atoms with Crippen molar-refractivity contribution >= 4 is 103 Å². The summed E-state index contributed by atoms with van der Waals surface area (Å²) in [5, 5.41) is 24.2. The average Bonchev–Trinajstić information content (AvgIpc) is 4.02. The number of fused-ring (bicyclic) bond motifs is 1. The van der Waals surface area contributed by atoms with Gasteiger partial charge in [-0.25, -0.2) is 19.3 Å². The zero-order valence-corrected chi connectivity index (χ0v) is 53.0. The first kappa shape index (κ1) is 69.6. The lowest BCUT2D eigenvalue weighted by Crippen LogP contribution is -2.59. The third-order valence-corrected chi connectivity index (χ3v) is 21.4. The number of Topliss-reactive ketones (excluding diaryl/α,β-unsaturated/α-hetero) is 1. The smallest absolute Gasteiger partial charge is 0.416 e. The Morgan fingerprint density at radius 3 is 1.95 bits per heavy atom. The number of hydrogen-bond acceptors (Lipinski definition) is 14. The molecule has 2 aliphatic heterocycles. The van der Waals surface area contributed by atoms with Crippen molar-refractivity contribution in [1.29, 1.82) is 5.41 Å². The summed E-state index contributed by atoms with van der Waals surface area (Å²) in [6, 6.07) is 18.0. The van der Waals surface area contributed by atoms with Gasteiger partial charge in [-0.05, 0) is 83.5 Å². The zero-order valence-electron chi connectivity index (χ0n) is 49.8. The van der Waals surface area contributed by atoms with Crippen molar-refractivity contribution < 1.29 is 61.8 Å². The van der Waals surface area contributed by atoms with Crippen molar-refractivity contribution in [3.8, 4) is 5.75 Å². The molecule has 6 atom stereocenters. The molecule has 8 amide bonds. The Morgan fingerprint density at radius 2 is 1.37 bits per heavy atom. The predicted octanol–water partition coefficient (Wildman–Crippen LogP) is 8.28. The van der Waals surface area contributed by atoms with Crippen molar-refractivity contribution in [1.82, 2.24) is 41.7 Å². The average molecular weight is 1270 g/mol. The van der Waals surface area contributed by atoms with Gasteiger partial charge in [0.2, 0.25) is 39.2 Å². The topological polar surface area (TPSA) is 293 Å². The van der Waals surface area contributed by atoms with E-state index in [4.69, 9.17) is 58.8 Å². The van der Waals surface area contributed by atoms with Crippen molar-refractivity contribution in [2.45, 2.75) is 158 Å². The fraction of sp³-hybridized carbons (Fsp3) is 0.500. The molecule has 468 valence electrons. The van der Waals surface area contributed by atoms with Gasteiger partial charge in [-0.2, -0.15) is 0 Å². The largest absolute Gasteiger partial charge is 0.543 e. The minimum Gasteiger partial charge on any atom is -0.543 e. The van der Waals surface area contributed by atoms with E-state index < -0.39 is 127 Å². The summed E-state index contributed by atoms with van der Waals surface area (Å²) < 4.78 is 20.7. The lowest BCUT2D eigenvalue weighted by atomic mass is 9.96. The van der Waals surface area contributed by atoms with E-state index in [0.717, 1.165) is 21.4 Å². The number of nitrogens with zero attached hydrogens (tertiary/aromatic N) is 2. The van der Waals surface area contributed by atoms with E-state index in [1.807, 2.05) is 24.3 Å². The molecule has 0 aliphatic carbocycles. The van der Waals surface area contributed by atoms with E-state index in [1.165, 1.54) is 6.08 Å². The van der Waals surface area contributed by atoms with Crippen LogP contribution in [0, 0.1) is 11.3 Å². The van der Waals surface area contributed by atoms with Crippen LogP contribution in [-0.4, -0.2) is 138 Å². The van der Waals surface area contributed by atoms with Crippen LogP contribution >= 0.6 is 34.8 Å². The highest BCUT2D eigenvalue weighted by atomic mass is 35.6. The number of carbonyl (C=O) groups is 9. The van der Waals surface area contributed by atoms with E-state index in [0.29, 0.717) is 39.9 Å². The lowest BCUT2D eigenvalue weighted by Gasteiger charge is -2.42. The second-order valence-electron chi connectivity index (χ2n) is 22.2. The molecule has 3 aromatic carbocycles. The highest BCUT2D eigenvalue weighted by Crippen LogP contribution is 2.43. The highest BCUT2D eigenvalue weighted by molar-refractivity contribution is 6.78. The number of hydrogen-bond donors (Lipinski definition) is 7. The third kappa shape index (κ3) is 20.8. The molecule has 2 heterocycles. The van der Waals surface area contributed by atoms with Crippen LogP contribution in [0.5, 0.6) is 5.75 Å². The number of benzene rings is 3. The first-order valence-corrected chi connectivity index (χ1v) is 32.0. The monoisotopic (exact) mass is 1270 g/mol. The summed E-state index contributed by atoms with van der Waals surface area (Å²) in [5.74, 6) is -6.30. The van der Waals surface area contributed by atoms with Gasteiger partial charge < -0.3 is 50.1 Å². The molecule has 26 heteroatoms. The maximum Gasteiger partial charge on any atom is 0.416 e. The number of ketones is 1. The molecule has 1 fully saturated rings. The molecule has 2 aliphatic rings. The highest BCUT2D eigenvalue weighted by Gasteiger charge is 2.47. The molecular weight excluding hydrogens is 1190 g/mol. The van der Waals surface area contributed by atoms with Gasteiger partial charge in [0.05, 0.1) is 12.1 Å². The lowest BCUT2D eigenvalue weighted by molar-refractivity contribution is -0.143. The molecular formula is C60H80Cl3N9O13Si. The Bertz CT molecular complexity index is 2840. The summed E-state index contributed by atoms with van der Waals surface area (Å²) in [6.45, 7) is 14.5. The minimum atomic E-state index is -2.33. The Labute approximate surface area is 518 Å². The van der Waals surface area contributed by atoms with E-state index in [2.05, 4.69) is 73.4 Å². The fourth-order valence-electron chi connectivity index (χ4n) is 10.5. The maximum atomic E-state index is 14.6. The van der Waals surface area contributed by atoms with Gasteiger partial charge in [0, 0.05) is 25.7 Å². The van der Waals surface area contributed by atoms with Crippen LogP contribution in [0.25, 0.3) is 0 Å². The van der Waals surface area contributed by atoms with Crippen LogP contribution in [-0.2, 0) is 62.6 Å². The number of carbonyl (C=O) groups excluding carboxylic acids is 9. The number of halogens is 3. The van der Waals surface area contributed by atoms with Crippen LogP contribution in [0.4, 0.5) is 14.4 Å². The predicted molar refractivity (Wildman–Crippen MR) is 328 cm³/mol. The molecule has 86 heavy (non-hydrogen) atoms. The molecule has 0 unspecified atom stereocenters. The standard InChI is InChI=1S/C60H80Cl3N9O13Si/c1-9-40(8)50-53(76)66-44(32-41-24-27-45(28-25-41)85-86(37(2)3,38(4)5)39(6)7)26-29-49(73)65-33-47(68-57(79)84-36-60(61,62)63)55(78)71-30-17-23-48(71)52(75)67-46(51(74)54(77)69-50)22-16-31-72(59(81)83-35-43-20-14-11-15-21-43)56(64)70-58(80)82-34-42-18-12-10-13-19-42/h10-15,18-21,24-29,37-40,44,46-48,50H,9,16-17,22-23,30-36H2,1-8H3,(H,65,73)(H,66,76)(H,67,75)(H,68,79)(H,69,77)(H2,64,70,80)/b29-26-/t40-,44-,46+,47+,48+,50-/m1/s1. The maximum absolute atomic E-state index is 14.6. The summed E-state index contributed by atoms with van der Waals surface area (Å²) in [6.07, 6.45) is -0.600. The number of amides is 8. The first-order chi connectivity index (χ1) is 40.7. The number of nitrogens with one attached hydrogen (secondary N) is 7. The number of alkyl carbamates (subject to hydrolysis) is 2. The quantitative estimate of drug-likeness (QED) is 0.0149. The van der Waals surface area contributed by atoms with Gasteiger partial charge in [0.15, 0.2) is 0 Å². The zero-order chi connectivity index (χ0) is 63.3. The Hall–Kier alpha value is -7.21. The van der Waals surface area contributed by atoms with Crippen molar-refractivity contribution in [2.24, 2.45) is 5.92 Å². The Balaban J connectivity index is 1.49. The van der Waals surface area contributed by atoms with E-state index in [9.17, 15) is 43.2 Å². The van der Waals surface area contributed by atoms with Gasteiger partial charge in [0.1, 0.15) is 43.7 Å². The molecule has 0 bridgehead atoms. The van der Waals surface area contributed by atoms with Crippen molar-refractivity contribution in [2.75, 3.05) is 26.2 Å². The number of ether oxygens (including phenoxy) is 3. The van der Waals surface area contributed by atoms with E-state index in [1.54, 1.807) is 74.5 Å². The van der Waals surface area contributed by atoms with Gasteiger partial charge >= 0.3 is 18.3 Å². The number of rotatable bonds is 19. The molecule has 22 nitrogen and oxygen atoms in total. The van der Waals surface area contributed by atoms with E-state index in [-0.39, 0.29) is 51.9 Å². The van der Waals surface area contributed by atoms with Crippen molar-refractivity contribution in [3.63, 3.8) is 0 Å². The molecule has 5 rings (SSSR count). The Morgan fingerprint density at radius 1 is 0.767 bits per heavy atom. The summed E-state index contributed by atoms with van der Waals surface area (Å²) in [4.78, 5) is 128. The number of alkyl halides is 3. The van der Waals surface area contributed by atoms with Gasteiger partial charge in [0.25, 0.3) is 14.2 Å². The van der Waals surface area contributed by atoms with Crippen LogP contribution in [0.3, 0.4) is 0 Å². The molecule has 0 radical (unpaired) electrons. The first-order valence-electron chi connectivity index (χ1n) is 28.8. The van der Waals surface area contributed by atoms with Crippen LogP contribution < -0.4 is 36.3 Å². The second-order valence-corrected chi connectivity index (χ2v) is 30.1. The van der Waals surface area contributed by atoms with E-state index >= 15 is 0 Å². The molecule has 0 spiro atoms. The van der Waals surface area contributed by atoms with Crippen LogP contribution in [0.1, 0.15) is 104 Å². The molecule has 0 saturated carbocycles. The number of guanidine groups is 1. The minimum absolute atomic E-state index is 0.0245. The van der Waals surface area contributed by atoms with Gasteiger partial charge in [-0.15, -0.1) is 0 Å². The summed E-state index contributed by atoms with van der Waals surface area (Å²) in [7, 11) is -2.33. The molecule has 1 saturated heterocycles. The summed E-state index contributed by atoms with van der Waals surface area (Å²) >= 11 is 17.5. The molecule has 0 aromatic heterocycles. The Kier molecular flexibility index (Phi) is 26.7. The van der Waals surface area contributed by atoms with Crippen LogP contribution in [0.2, 0.25) is 16.6 Å². The van der Waals surface area contributed by atoms with Crippen molar-refractivity contribution in [3.05, 3.63) is 114 Å². The fourth-order valence-corrected chi connectivity index (χ4v) is 15.9. The molecule has 3 aromatic rings. The third-order valence-electron chi connectivity index (χ3n) is 15.1.